The molecule has 0 spiro atoms. The van der Waals surface area contributed by atoms with E-state index in [4.69, 9.17) is 5.90 Å². The summed E-state index contributed by atoms with van der Waals surface area (Å²) in [5, 5.41) is 0. The summed E-state index contributed by atoms with van der Waals surface area (Å²) in [4.78, 5) is 4.79. The van der Waals surface area contributed by atoms with Crippen LogP contribution in [0, 0.1) is 13.8 Å². The minimum absolute atomic E-state index is 0.145. The zero-order valence-electron chi connectivity index (χ0n) is 10.2. The number of hydrogen-bond donors (Lipinski definition) is 2. The molecule has 0 radical (unpaired) electrons. The van der Waals surface area contributed by atoms with Gasteiger partial charge in [0.25, 0.3) is 0 Å². The van der Waals surface area contributed by atoms with Gasteiger partial charge in [0.15, 0.2) is 0 Å². The molecule has 0 fully saturated rings. The second-order valence-corrected chi connectivity index (χ2v) is 5.80. The molecule has 17 heavy (non-hydrogen) atoms. The van der Waals surface area contributed by atoms with Crippen molar-refractivity contribution in [3.05, 3.63) is 29.3 Å². The second-order valence-electron chi connectivity index (χ2n) is 4.07. The van der Waals surface area contributed by atoms with Gasteiger partial charge in [-0.05, 0) is 32.4 Å². The lowest BCUT2D eigenvalue weighted by Crippen LogP contribution is -2.33. The van der Waals surface area contributed by atoms with Gasteiger partial charge >= 0.3 is 0 Å². The number of aryl methyl sites for hydroxylation is 2. The first-order valence-corrected chi connectivity index (χ1v) is 6.77. The Kier molecular flexibility index (Phi) is 4.64. The van der Waals surface area contributed by atoms with Crippen molar-refractivity contribution in [1.29, 1.82) is 0 Å². The number of nitrogens with one attached hydrogen (secondary N) is 1. The number of hydrogen-bond acceptors (Lipinski definition) is 4. The molecule has 5 nitrogen and oxygen atoms in total. The van der Waals surface area contributed by atoms with E-state index in [0.29, 0.717) is 0 Å². The molecule has 0 bridgehead atoms. The normalized spacial score (nSPS) is 13.6. The lowest BCUT2D eigenvalue weighted by molar-refractivity contribution is 0.0702. The van der Waals surface area contributed by atoms with Crippen molar-refractivity contribution in [3.8, 4) is 0 Å². The summed E-state index contributed by atoms with van der Waals surface area (Å²) in [5.74, 6) is 4.96. The molecule has 1 atom stereocenters. The monoisotopic (exact) mass is 258 g/mol. The Balaban J connectivity index is 2.90. The van der Waals surface area contributed by atoms with Crippen molar-refractivity contribution in [2.24, 2.45) is 5.90 Å². The molecular formula is C11H18N2O3S. The molecule has 96 valence electrons. The Hall–Kier alpha value is -0.950. The third kappa shape index (κ3) is 3.78. The highest BCUT2D eigenvalue weighted by Crippen LogP contribution is 2.16. The van der Waals surface area contributed by atoms with Gasteiger partial charge in [0.2, 0.25) is 10.0 Å². The van der Waals surface area contributed by atoms with Gasteiger partial charge in [-0.1, -0.05) is 17.7 Å². The molecule has 0 aliphatic heterocycles. The van der Waals surface area contributed by atoms with Gasteiger partial charge in [0, 0.05) is 6.54 Å². The molecule has 0 aliphatic rings. The van der Waals surface area contributed by atoms with Crippen molar-refractivity contribution in [3.63, 3.8) is 0 Å². The first-order chi connectivity index (χ1) is 7.86. The van der Waals surface area contributed by atoms with Crippen LogP contribution in [0.4, 0.5) is 0 Å². The quantitative estimate of drug-likeness (QED) is 0.768. The van der Waals surface area contributed by atoms with E-state index in [2.05, 4.69) is 9.56 Å². The summed E-state index contributed by atoms with van der Waals surface area (Å²) in [6.45, 7) is 5.52. The van der Waals surface area contributed by atoms with Crippen LogP contribution in [-0.2, 0) is 14.9 Å². The lowest BCUT2D eigenvalue weighted by Gasteiger charge is -2.12. The van der Waals surface area contributed by atoms with Gasteiger partial charge in [0.1, 0.15) is 0 Å². The molecule has 0 heterocycles. The SMILES string of the molecule is Cc1ccc(S(=O)(=O)NCC(C)ON)c(C)c1. The van der Waals surface area contributed by atoms with E-state index in [-0.39, 0.29) is 17.5 Å². The molecular weight excluding hydrogens is 240 g/mol. The highest BCUT2D eigenvalue weighted by atomic mass is 32.2. The summed E-state index contributed by atoms with van der Waals surface area (Å²) in [7, 11) is -3.50. The van der Waals surface area contributed by atoms with Crippen molar-refractivity contribution in [2.75, 3.05) is 6.54 Å². The largest absolute Gasteiger partial charge is 0.300 e. The summed E-state index contributed by atoms with van der Waals surface area (Å²) in [6.07, 6.45) is -0.365. The molecule has 0 aromatic heterocycles. The van der Waals surface area contributed by atoms with Crippen LogP contribution in [0.25, 0.3) is 0 Å². The maximum atomic E-state index is 12.0. The Morgan fingerprint density at radius 1 is 1.41 bits per heavy atom. The van der Waals surface area contributed by atoms with Crippen LogP contribution in [0.15, 0.2) is 23.1 Å². The minimum Gasteiger partial charge on any atom is -0.300 e. The standard InChI is InChI=1S/C11H18N2O3S/c1-8-4-5-11(9(2)6-8)17(14,15)13-7-10(3)16-12/h4-6,10,13H,7,12H2,1-3H3. The van der Waals surface area contributed by atoms with E-state index in [9.17, 15) is 8.42 Å². The topological polar surface area (TPSA) is 81.4 Å². The highest BCUT2D eigenvalue weighted by molar-refractivity contribution is 7.89. The molecule has 1 aromatic rings. The van der Waals surface area contributed by atoms with E-state index in [0.717, 1.165) is 11.1 Å². The van der Waals surface area contributed by atoms with Crippen molar-refractivity contribution in [2.45, 2.75) is 31.8 Å². The van der Waals surface area contributed by atoms with Gasteiger partial charge in [-0.25, -0.2) is 19.0 Å². The molecule has 3 N–H and O–H groups in total. The van der Waals surface area contributed by atoms with Crippen LogP contribution >= 0.6 is 0 Å². The Morgan fingerprint density at radius 3 is 2.59 bits per heavy atom. The molecule has 0 saturated carbocycles. The van der Waals surface area contributed by atoms with E-state index < -0.39 is 10.0 Å². The smallest absolute Gasteiger partial charge is 0.240 e. The minimum atomic E-state index is -3.50. The van der Waals surface area contributed by atoms with Gasteiger partial charge in [-0.3, -0.25) is 0 Å². The molecule has 0 amide bonds. The summed E-state index contributed by atoms with van der Waals surface area (Å²) in [6, 6.07) is 5.20. The predicted molar refractivity (Wildman–Crippen MR) is 65.8 cm³/mol. The predicted octanol–water partition coefficient (Wildman–Crippen LogP) is 0.861. The third-order valence-corrected chi connectivity index (χ3v) is 4.00. The number of nitrogens with two attached hydrogens (primary N) is 1. The lowest BCUT2D eigenvalue weighted by atomic mass is 10.2. The average Bonchev–Trinajstić information content (AvgIpc) is 2.25. The van der Waals surface area contributed by atoms with E-state index in [1.807, 2.05) is 13.0 Å². The number of sulfonamides is 1. The van der Waals surface area contributed by atoms with Gasteiger partial charge in [-0.15, -0.1) is 0 Å². The summed E-state index contributed by atoms with van der Waals surface area (Å²) >= 11 is 0. The van der Waals surface area contributed by atoms with Crippen LogP contribution in [-0.4, -0.2) is 21.1 Å². The Morgan fingerprint density at radius 2 is 2.06 bits per heavy atom. The molecule has 1 aromatic carbocycles. The fourth-order valence-corrected chi connectivity index (χ4v) is 2.79. The molecule has 0 saturated heterocycles. The maximum absolute atomic E-state index is 12.0. The van der Waals surface area contributed by atoms with Crippen LogP contribution in [0.5, 0.6) is 0 Å². The van der Waals surface area contributed by atoms with Crippen molar-refractivity contribution < 1.29 is 13.3 Å². The van der Waals surface area contributed by atoms with Crippen molar-refractivity contribution >= 4 is 10.0 Å². The second kappa shape index (κ2) is 5.59. The van der Waals surface area contributed by atoms with Crippen LogP contribution < -0.4 is 10.6 Å². The molecule has 1 unspecified atom stereocenters. The first kappa shape index (κ1) is 14.1. The van der Waals surface area contributed by atoms with Gasteiger partial charge in [0.05, 0.1) is 11.0 Å². The van der Waals surface area contributed by atoms with E-state index in [1.165, 1.54) is 0 Å². The summed E-state index contributed by atoms with van der Waals surface area (Å²) < 4.78 is 26.4. The van der Waals surface area contributed by atoms with Crippen LogP contribution in [0.3, 0.4) is 0 Å². The van der Waals surface area contributed by atoms with Crippen LogP contribution in [0.2, 0.25) is 0 Å². The average molecular weight is 258 g/mol. The fourth-order valence-electron chi connectivity index (χ4n) is 1.45. The van der Waals surface area contributed by atoms with Gasteiger partial charge in [-0.2, -0.15) is 0 Å². The zero-order chi connectivity index (χ0) is 13.1. The number of benzene rings is 1. The molecule has 6 heteroatoms. The first-order valence-electron chi connectivity index (χ1n) is 5.29. The maximum Gasteiger partial charge on any atom is 0.240 e. The van der Waals surface area contributed by atoms with Crippen LogP contribution in [0.1, 0.15) is 18.1 Å². The highest BCUT2D eigenvalue weighted by Gasteiger charge is 2.17. The zero-order valence-corrected chi connectivity index (χ0v) is 11.0. The Labute approximate surface area is 102 Å². The summed E-state index contributed by atoms with van der Waals surface area (Å²) in [5.41, 5.74) is 1.75. The molecule has 1 rings (SSSR count). The van der Waals surface area contributed by atoms with E-state index >= 15 is 0 Å². The van der Waals surface area contributed by atoms with Crippen molar-refractivity contribution in [1.82, 2.24) is 4.72 Å². The molecule has 0 aliphatic carbocycles. The third-order valence-electron chi connectivity index (χ3n) is 2.41. The number of rotatable bonds is 5. The van der Waals surface area contributed by atoms with E-state index in [1.54, 1.807) is 26.0 Å². The van der Waals surface area contributed by atoms with Gasteiger partial charge < -0.3 is 4.84 Å². The fraction of sp³-hybridized carbons (Fsp3) is 0.455. The Bertz CT molecular complexity index is 485.